The molecule has 2 N–H and O–H groups in total. The number of aromatic nitrogens is 1. The maximum absolute atomic E-state index is 12.7. The van der Waals surface area contributed by atoms with Crippen LogP contribution in [0.15, 0.2) is 73.1 Å². The minimum atomic E-state index is -0.966. The van der Waals surface area contributed by atoms with Gasteiger partial charge in [-0.3, -0.25) is 14.6 Å². The first-order valence-corrected chi connectivity index (χ1v) is 10.6. The number of hydrogen-bond acceptors (Lipinski definition) is 6. The molecule has 2 heterocycles. The molecule has 1 aromatic heterocycles. The number of aliphatic hydroxyl groups is 1. The second-order valence-corrected chi connectivity index (χ2v) is 7.68. The molecule has 2 amide bonds. The van der Waals surface area contributed by atoms with Crippen LogP contribution in [0.5, 0.6) is 5.75 Å². The van der Waals surface area contributed by atoms with Gasteiger partial charge < -0.3 is 24.8 Å². The van der Waals surface area contributed by atoms with Crippen LogP contribution >= 0.6 is 0 Å². The van der Waals surface area contributed by atoms with Crippen molar-refractivity contribution in [3.63, 3.8) is 0 Å². The average molecular weight is 447 g/mol. The first-order valence-electron chi connectivity index (χ1n) is 10.6. The van der Waals surface area contributed by atoms with Gasteiger partial charge in [-0.1, -0.05) is 30.3 Å². The molecular formula is C25H25N3O5. The molecular weight excluding hydrogens is 422 g/mol. The Kier molecular flexibility index (Phi) is 6.97. The Hall–Kier alpha value is -3.75. The summed E-state index contributed by atoms with van der Waals surface area (Å²) in [5.74, 6) is 0.209. The number of para-hydroxylation sites is 1. The van der Waals surface area contributed by atoms with Crippen molar-refractivity contribution in [2.75, 3.05) is 25.6 Å². The number of amides is 2. The molecule has 1 aliphatic rings. The number of hydrogen-bond donors (Lipinski definition) is 2. The predicted molar refractivity (Wildman–Crippen MR) is 122 cm³/mol. The van der Waals surface area contributed by atoms with Crippen LogP contribution in [0, 0.1) is 0 Å². The van der Waals surface area contributed by atoms with E-state index in [1.165, 1.54) is 6.20 Å². The summed E-state index contributed by atoms with van der Waals surface area (Å²) < 4.78 is 10.9. The molecule has 8 heteroatoms. The van der Waals surface area contributed by atoms with Crippen LogP contribution in [0.4, 0.5) is 5.69 Å². The maximum Gasteiger partial charge on any atom is 0.257 e. The predicted octanol–water partition coefficient (Wildman–Crippen LogP) is 2.80. The highest BCUT2D eigenvalue weighted by atomic mass is 16.5. The van der Waals surface area contributed by atoms with E-state index in [-0.39, 0.29) is 25.0 Å². The van der Waals surface area contributed by atoms with Crippen molar-refractivity contribution in [3.05, 3.63) is 89.7 Å². The third kappa shape index (κ3) is 5.19. The number of aliphatic hydroxyl groups excluding tert-OH is 1. The minimum absolute atomic E-state index is 0.0301. The van der Waals surface area contributed by atoms with Crippen molar-refractivity contribution in [2.24, 2.45) is 0 Å². The van der Waals surface area contributed by atoms with E-state index >= 15 is 0 Å². The maximum atomic E-state index is 12.7. The minimum Gasteiger partial charge on any atom is -0.496 e. The Bertz CT molecular complexity index is 1100. The van der Waals surface area contributed by atoms with Gasteiger partial charge in [-0.25, -0.2) is 0 Å². The van der Waals surface area contributed by atoms with Gasteiger partial charge in [0.15, 0.2) is 0 Å². The van der Waals surface area contributed by atoms with Gasteiger partial charge in [0.05, 0.1) is 25.3 Å². The van der Waals surface area contributed by atoms with Gasteiger partial charge in [-0.2, -0.15) is 0 Å². The number of nitrogens with zero attached hydrogens (tertiary/aromatic N) is 2. The van der Waals surface area contributed by atoms with Gasteiger partial charge in [0.25, 0.3) is 5.91 Å². The number of carbonyl (C=O) groups excluding carboxylic acids is 2. The lowest BCUT2D eigenvalue weighted by atomic mass is 9.99. The quantitative estimate of drug-likeness (QED) is 0.578. The molecule has 0 radical (unpaired) electrons. The molecule has 1 fully saturated rings. The standard InChI is InChI=1S/C25H25N3O5/c1-32-22-7-3-2-5-19(22)14-28-21(15-33-16-23(28)29)24(30)17-8-10-20(11-9-17)27-25(31)18-6-4-12-26-13-18/h2-13,21,24,30H,14-16H2,1H3,(H,27,31)/t21-,24-/m1/s1. The summed E-state index contributed by atoms with van der Waals surface area (Å²) in [5, 5.41) is 13.9. The van der Waals surface area contributed by atoms with Crippen molar-refractivity contribution in [1.29, 1.82) is 0 Å². The van der Waals surface area contributed by atoms with Crippen molar-refractivity contribution in [3.8, 4) is 5.75 Å². The Morgan fingerprint density at radius 2 is 2.00 bits per heavy atom. The molecule has 2 atom stereocenters. The molecule has 1 aliphatic heterocycles. The zero-order chi connectivity index (χ0) is 23.2. The lowest BCUT2D eigenvalue weighted by molar-refractivity contribution is -0.155. The zero-order valence-electron chi connectivity index (χ0n) is 18.2. The number of anilines is 1. The van der Waals surface area contributed by atoms with Crippen LogP contribution < -0.4 is 10.1 Å². The first kappa shape index (κ1) is 22.4. The normalized spacial score (nSPS) is 16.8. The third-order valence-electron chi connectivity index (χ3n) is 5.57. The van der Waals surface area contributed by atoms with Crippen molar-refractivity contribution >= 4 is 17.5 Å². The SMILES string of the molecule is COc1ccccc1CN1C(=O)COC[C@@H]1[C@H](O)c1ccc(NC(=O)c2cccnc2)cc1. The number of benzene rings is 2. The Balaban J connectivity index is 1.48. The number of pyridine rings is 1. The number of rotatable bonds is 7. The molecule has 0 aliphatic carbocycles. The fourth-order valence-electron chi connectivity index (χ4n) is 3.80. The van der Waals surface area contributed by atoms with Crippen LogP contribution in [-0.2, 0) is 16.1 Å². The lowest BCUT2D eigenvalue weighted by Crippen LogP contribution is -2.51. The number of nitrogens with one attached hydrogen (secondary N) is 1. The van der Waals surface area contributed by atoms with Crippen LogP contribution in [-0.4, -0.2) is 53.2 Å². The number of methoxy groups -OCH3 is 1. The summed E-state index contributed by atoms with van der Waals surface area (Å²) in [7, 11) is 1.58. The van der Waals surface area contributed by atoms with E-state index in [0.717, 1.165) is 5.56 Å². The second-order valence-electron chi connectivity index (χ2n) is 7.68. The van der Waals surface area contributed by atoms with Gasteiger partial charge in [-0.15, -0.1) is 0 Å². The molecule has 0 spiro atoms. The highest BCUT2D eigenvalue weighted by Crippen LogP contribution is 2.28. The lowest BCUT2D eigenvalue weighted by Gasteiger charge is -2.38. The van der Waals surface area contributed by atoms with Gasteiger partial charge in [0, 0.05) is 30.2 Å². The van der Waals surface area contributed by atoms with Gasteiger partial charge in [0.2, 0.25) is 5.91 Å². The summed E-state index contributed by atoms with van der Waals surface area (Å²) in [6, 6.07) is 17.2. The molecule has 1 saturated heterocycles. The monoisotopic (exact) mass is 447 g/mol. The summed E-state index contributed by atoms with van der Waals surface area (Å²) in [4.78, 5) is 30.5. The topological polar surface area (TPSA) is 101 Å². The Morgan fingerprint density at radius 1 is 1.21 bits per heavy atom. The highest BCUT2D eigenvalue weighted by Gasteiger charge is 2.35. The summed E-state index contributed by atoms with van der Waals surface area (Å²) in [6.45, 7) is 0.479. The van der Waals surface area contributed by atoms with E-state index in [0.29, 0.717) is 29.1 Å². The van der Waals surface area contributed by atoms with Crippen molar-refractivity contribution in [2.45, 2.75) is 18.7 Å². The third-order valence-corrected chi connectivity index (χ3v) is 5.57. The van der Waals surface area contributed by atoms with Gasteiger partial charge in [0.1, 0.15) is 18.5 Å². The zero-order valence-corrected chi connectivity index (χ0v) is 18.2. The number of morpholine rings is 1. The fourth-order valence-corrected chi connectivity index (χ4v) is 3.80. The van der Waals surface area contributed by atoms with Crippen LogP contribution in [0.3, 0.4) is 0 Å². The van der Waals surface area contributed by atoms with Crippen LogP contribution in [0.1, 0.15) is 27.6 Å². The molecule has 0 bridgehead atoms. The molecule has 170 valence electrons. The first-order chi connectivity index (χ1) is 16.1. The van der Waals surface area contributed by atoms with Gasteiger partial charge >= 0.3 is 0 Å². The Labute approximate surface area is 191 Å². The summed E-state index contributed by atoms with van der Waals surface area (Å²) in [5.41, 5.74) is 2.50. The number of ether oxygens (including phenoxy) is 2. The van der Waals surface area contributed by atoms with E-state index in [1.807, 2.05) is 24.3 Å². The van der Waals surface area contributed by atoms with E-state index in [1.54, 1.807) is 54.6 Å². The van der Waals surface area contributed by atoms with E-state index in [4.69, 9.17) is 9.47 Å². The van der Waals surface area contributed by atoms with Crippen molar-refractivity contribution < 1.29 is 24.2 Å². The molecule has 2 aromatic carbocycles. The van der Waals surface area contributed by atoms with Gasteiger partial charge in [-0.05, 0) is 35.9 Å². The Morgan fingerprint density at radius 3 is 2.73 bits per heavy atom. The summed E-state index contributed by atoms with van der Waals surface area (Å²) >= 11 is 0. The molecule has 0 unspecified atom stereocenters. The molecule has 8 nitrogen and oxygen atoms in total. The van der Waals surface area contributed by atoms with Crippen molar-refractivity contribution in [1.82, 2.24) is 9.88 Å². The van der Waals surface area contributed by atoms with Crippen LogP contribution in [0.25, 0.3) is 0 Å². The fraction of sp³-hybridized carbons (Fsp3) is 0.240. The van der Waals surface area contributed by atoms with E-state index < -0.39 is 12.1 Å². The molecule has 33 heavy (non-hydrogen) atoms. The molecule has 4 rings (SSSR count). The molecule has 0 saturated carbocycles. The van der Waals surface area contributed by atoms with E-state index in [2.05, 4.69) is 10.3 Å². The smallest absolute Gasteiger partial charge is 0.257 e. The average Bonchev–Trinajstić information content (AvgIpc) is 2.86. The second kappa shape index (κ2) is 10.2. The van der Waals surface area contributed by atoms with E-state index in [9.17, 15) is 14.7 Å². The largest absolute Gasteiger partial charge is 0.496 e. The molecule has 3 aromatic rings. The highest BCUT2D eigenvalue weighted by molar-refractivity contribution is 6.04. The van der Waals surface area contributed by atoms with Crippen LogP contribution in [0.2, 0.25) is 0 Å². The summed E-state index contributed by atoms with van der Waals surface area (Å²) in [6.07, 6.45) is 2.13. The number of carbonyl (C=O) groups is 2.